The van der Waals surface area contributed by atoms with Crippen molar-refractivity contribution in [3.63, 3.8) is 0 Å². The Balaban J connectivity index is 1.69. The highest BCUT2D eigenvalue weighted by Crippen LogP contribution is 2.29. The highest BCUT2D eigenvalue weighted by Gasteiger charge is 2.14. The fraction of sp³-hybridized carbons (Fsp3) is 0.120. The van der Waals surface area contributed by atoms with Gasteiger partial charge in [0.05, 0.1) is 26.3 Å². The van der Waals surface area contributed by atoms with Crippen molar-refractivity contribution in [2.75, 3.05) is 14.2 Å². The molecule has 6 nitrogen and oxygen atoms in total. The first-order chi connectivity index (χ1) is 15.2. The van der Waals surface area contributed by atoms with E-state index < -0.39 is 0 Å². The molecule has 0 saturated carbocycles. The zero-order valence-electron chi connectivity index (χ0n) is 17.4. The Bertz CT molecular complexity index is 1200. The second kappa shape index (κ2) is 9.17. The Kier molecular flexibility index (Phi) is 5.98. The Morgan fingerprint density at radius 2 is 1.61 bits per heavy atom. The molecule has 4 rings (SSSR count). The molecular weight excluding hydrogens is 390 g/mol. The van der Waals surface area contributed by atoms with E-state index in [-0.39, 0.29) is 5.75 Å². The van der Waals surface area contributed by atoms with Gasteiger partial charge in [0.1, 0.15) is 5.75 Å². The van der Waals surface area contributed by atoms with Crippen LogP contribution in [0.15, 0.2) is 72.8 Å². The van der Waals surface area contributed by atoms with Crippen LogP contribution in [0.25, 0.3) is 23.5 Å². The number of hydrogen-bond acceptors (Lipinski definition) is 5. The first-order valence-electron chi connectivity index (χ1n) is 9.85. The highest BCUT2D eigenvalue weighted by atomic mass is 16.5. The Morgan fingerprint density at radius 1 is 0.871 bits per heavy atom. The molecule has 0 spiro atoms. The Labute approximate surface area is 181 Å². The minimum atomic E-state index is 0.166. The topological polar surface area (TPSA) is 69.4 Å². The lowest BCUT2D eigenvalue weighted by Crippen LogP contribution is -2.04. The maximum atomic E-state index is 10.4. The average molecular weight is 413 g/mol. The van der Waals surface area contributed by atoms with E-state index in [9.17, 15) is 5.11 Å². The number of aromatic hydroxyl groups is 1. The first kappa shape index (κ1) is 20.2. The van der Waals surface area contributed by atoms with E-state index in [4.69, 9.17) is 9.47 Å². The Hall–Kier alpha value is -4.06. The van der Waals surface area contributed by atoms with Crippen molar-refractivity contribution in [3.05, 3.63) is 89.7 Å². The number of methoxy groups -OCH3 is 2. The van der Waals surface area contributed by atoms with Gasteiger partial charge in [-0.3, -0.25) is 0 Å². The normalized spacial score (nSPS) is 11.0. The first-order valence-corrected chi connectivity index (χ1v) is 9.85. The summed E-state index contributed by atoms with van der Waals surface area (Å²) in [5.41, 5.74) is 2.66. The summed E-state index contributed by atoms with van der Waals surface area (Å²) in [6, 6.07) is 22.9. The van der Waals surface area contributed by atoms with Crippen LogP contribution < -0.4 is 9.47 Å². The summed E-state index contributed by atoms with van der Waals surface area (Å²) in [6.45, 7) is 0.543. The summed E-state index contributed by atoms with van der Waals surface area (Å²) in [5.74, 6) is 2.64. The van der Waals surface area contributed by atoms with Gasteiger partial charge in [-0.1, -0.05) is 54.6 Å². The molecule has 156 valence electrons. The predicted octanol–water partition coefficient (Wildman–Crippen LogP) is 4.89. The second-order valence-corrected chi connectivity index (χ2v) is 6.90. The summed E-state index contributed by atoms with van der Waals surface area (Å²) in [5, 5.41) is 15.0. The van der Waals surface area contributed by atoms with Crippen LogP contribution in [-0.2, 0) is 6.54 Å². The van der Waals surface area contributed by atoms with E-state index in [0.717, 1.165) is 11.1 Å². The molecule has 0 unspecified atom stereocenters. The minimum absolute atomic E-state index is 0.166. The van der Waals surface area contributed by atoms with Crippen LogP contribution in [0.2, 0.25) is 0 Å². The van der Waals surface area contributed by atoms with E-state index in [1.165, 1.54) is 0 Å². The molecule has 0 fully saturated rings. The maximum Gasteiger partial charge on any atom is 0.174 e. The molecule has 0 aliphatic heterocycles. The zero-order chi connectivity index (χ0) is 21.6. The molecule has 0 aliphatic rings. The number of hydrogen-bond donors (Lipinski definition) is 1. The summed E-state index contributed by atoms with van der Waals surface area (Å²) in [7, 11) is 3.22. The summed E-state index contributed by atoms with van der Waals surface area (Å²) in [6.07, 6.45) is 3.75. The van der Waals surface area contributed by atoms with Gasteiger partial charge in [-0.05, 0) is 41.5 Å². The van der Waals surface area contributed by atoms with Crippen molar-refractivity contribution < 1.29 is 14.6 Å². The van der Waals surface area contributed by atoms with Crippen molar-refractivity contribution >= 4 is 12.2 Å². The SMILES string of the molecule is COc1ccc(/C=C/c2nc(-c3ccccc3O)n(Cc3ccccc3)n2)cc1OC. The van der Waals surface area contributed by atoms with Crippen LogP contribution in [0.3, 0.4) is 0 Å². The number of para-hydroxylation sites is 1. The van der Waals surface area contributed by atoms with E-state index in [1.54, 1.807) is 31.0 Å². The van der Waals surface area contributed by atoms with E-state index in [0.29, 0.717) is 35.3 Å². The standard InChI is InChI=1S/C25H23N3O3/c1-30-22-14-12-18(16-23(22)31-2)13-15-24-26-25(20-10-6-7-11-21(20)29)28(27-24)17-19-8-4-3-5-9-19/h3-16,29H,17H2,1-2H3/b15-13+. The molecule has 3 aromatic carbocycles. The van der Waals surface area contributed by atoms with Gasteiger partial charge in [0.15, 0.2) is 23.1 Å². The number of aromatic nitrogens is 3. The molecule has 6 heteroatoms. The quantitative estimate of drug-likeness (QED) is 0.467. The lowest BCUT2D eigenvalue weighted by Gasteiger charge is -2.07. The molecule has 1 N–H and O–H groups in total. The van der Waals surface area contributed by atoms with Crippen LogP contribution in [0, 0.1) is 0 Å². The van der Waals surface area contributed by atoms with E-state index >= 15 is 0 Å². The largest absolute Gasteiger partial charge is 0.507 e. The molecule has 0 aliphatic carbocycles. The fourth-order valence-corrected chi connectivity index (χ4v) is 3.29. The van der Waals surface area contributed by atoms with Crippen LogP contribution in [0.4, 0.5) is 0 Å². The van der Waals surface area contributed by atoms with Gasteiger partial charge < -0.3 is 14.6 Å². The van der Waals surface area contributed by atoms with Crippen molar-refractivity contribution in [2.24, 2.45) is 0 Å². The van der Waals surface area contributed by atoms with E-state index in [2.05, 4.69) is 10.1 Å². The second-order valence-electron chi connectivity index (χ2n) is 6.90. The molecule has 31 heavy (non-hydrogen) atoms. The van der Waals surface area contributed by atoms with Gasteiger partial charge in [-0.15, -0.1) is 0 Å². The molecule has 1 heterocycles. The van der Waals surface area contributed by atoms with Crippen LogP contribution >= 0.6 is 0 Å². The molecule has 0 atom stereocenters. The zero-order valence-corrected chi connectivity index (χ0v) is 17.4. The molecule has 0 amide bonds. The third kappa shape index (κ3) is 4.59. The monoisotopic (exact) mass is 413 g/mol. The molecule has 0 saturated heterocycles. The lowest BCUT2D eigenvalue weighted by atomic mass is 10.1. The van der Waals surface area contributed by atoms with Crippen molar-refractivity contribution in [1.29, 1.82) is 0 Å². The molecule has 0 bridgehead atoms. The maximum absolute atomic E-state index is 10.4. The van der Waals surface area contributed by atoms with Crippen LogP contribution in [0.1, 0.15) is 17.0 Å². The third-order valence-electron chi connectivity index (χ3n) is 4.84. The minimum Gasteiger partial charge on any atom is -0.507 e. The number of rotatable bonds is 7. The van der Waals surface area contributed by atoms with Gasteiger partial charge in [-0.2, -0.15) is 5.10 Å². The van der Waals surface area contributed by atoms with Crippen molar-refractivity contribution in [1.82, 2.24) is 14.8 Å². The van der Waals surface area contributed by atoms with Gasteiger partial charge in [0.2, 0.25) is 0 Å². The molecule has 4 aromatic rings. The van der Waals surface area contributed by atoms with Crippen molar-refractivity contribution in [3.8, 4) is 28.6 Å². The molecule has 1 aromatic heterocycles. The van der Waals surface area contributed by atoms with Gasteiger partial charge in [0.25, 0.3) is 0 Å². The van der Waals surface area contributed by atoms with Gasteiger partial charge in [-0.25, -0.2) is 9.67 Å². The number of ether oxygens (including phenoxy) is 2. The molecular formula is C25H23N3O3. The number of benzene rings is 3. The third-order valence-corrected chi connectivity index (χ3v) is 4.84. The molecule has 0 radical (unpaired) electrons. The fourth-order valence-electron chi connectivity index (χ4n) is 3.29. The van der Waals surface area contributed by atoms with Gasteiger partial charge >= 0.3 is 0 Å². The van der Waals surface area contributed by atoms with Gasteiger partial charge in [0, 0.05) is 0 Å². The van der Waals surface area contributed by atoms with Crippen LogP contribution in [0.5, 0.6) is 17.2 Å². The highest BCUT2D eigenvalue weighted by molar-refractivity contribution is 5.70. The van der Waals surface area contributed by atoms with E-state index in [1.807, 2.05) is 72.8 Å². The van der Waals surface area contributed by atoms with Crippen molar-refractivity contribution in [2.45, 2.75) is 6.54 Å². The number of phenols is 1. The number of nitrogens with zero attached hydrogens (tertiary/aromatic N) is 3. The number of phenolic OH excluding ortho intramolecular Hbond substituents is 1. The summed E-state index contributed by atoms with van der Waals surface area (Å²) >= 11 is 0. The summed E-state index contributed by atoms with van der Waals surface area (Å²) in [4.78, 5) is 4.68. The summed E-state index contributed by atoms with van der Waals surface area (Å²) < 4.78 is 12.5. The Morgan fingerprint density at radius 3 is 2.35 bits per heavy atom. The van der Waals surface area contributed by atoms with Crippen LogP contribution in [-0.4, -0.2) is 34.1 Å². The lowest BCUT2D eigenvalue weighted by molar-refractivity contribution is 0.355. The predicted molar refractivity (Wildman–Crippen MR) is 121 cm³/mol. The average Bonchev–Trinajstić information content (AvgIpc) is 3.20. The smallest absolute Gasteiger partial charge is 0.174 e.